The average Bonchev–Trinajstić information content (AvgIpc) is 3.29. The Morgan fingerprint density at radius 2 is 2.04 bits per heavy atom. The van der Waals surface area contributed by atoms with Gasteiger partial charge >= 0.3 is 0 Å². The Morgan fingerprint density at radius 1 is 1.17 bits per heavy atom. The summed E-state index contributed by atoms with van der Waals surface area (Å²) in [5, 5.41) is 8.22. The highest BCUT2D eigenvalue weighted by Crippen LogP contribution is 2.33. The maximum absolute atomic E-state index is 5.73. The van der Waals surface area contributed by atoms with Crippen LogP contribution < -0.4 is 0 Å². The number of benzene rings is 1. The molecule has 3 aromatic rings. The predicted molar refractivity (Wildman–Crippen MR) is 88.5 cm³/mol. The number of aromatic nitrogens is 2. The lowest BCUT2D eigenvalue weighted by Crippen LogP contribution is -2.22. The molecule has 23 heavy (non-hydrogen) atoms. The number of likely N-dealkylation sites (tertiary alicyclic amines) is 1. The fourth-order valence-electron chi connectivity index (χ4n) is 3.07. The molecule has 0 radical (unpaired) electrons. The number of halogens is 1. The standard InChI is InChI=1S/C17H16BrN3O2/c18-13-7-5-12(6-8-13)14-3-1-9-21(14)11-16-19-20-17(23-16)15-4-2-10-22-15/h2,4-8,10,14H,1,3,9,11H2. The molecular formula is C17H16BrN3O2. The van der Waals surface area contributed by atoms with Crippen LogP contribution in [0.25, 0.3) is 11.7 Å². The van der Waals surface area contributed by atoms with Gasteiger partial charge in [0.1, 0.15) is 0 Å². The zero-order chi connectivity index (χ0) is 15.6. The molecule has 118 valence electrons. The molecule has 6 heteroatoms. The van der Waals surface area contributed by atoms with Crippen LogP contribution in [0.5, 0.6) is 0 Å². The minimum absolute atomic E-state index is 0.405. The van der Waals surface area contributed by atoms with Crippen LogP contribution in [-0.4, -0.2) is 21.6 Å². The zero-order valence-electron chi connectivity index (χ0n) is 12.5. The maximum Gasteiger partial charge on any atom is 0.283 e. The summed E-state index contributed by atoms with van der Waals surface area (Å²) in [6, 6.07) is 12.6. The highest BCUT2D eigenvalue weighted by Gasteiger charge is 2.27. The zero-order valence-corrected chi connectivity index (χ0v) is 14.1. The Hall–Kier alpha value is -1.92. The van der Waals surface area contributed by atoms with Crippen LogP contribution in [0.4, 0.5) is 0 Å². The van der Waals surface area contributed by atoms with Crippen molar-refractivity contribution in [3.05, 3.63) is 58.6 Å². The van der Waals surface area contributed by atoms with Crippen molar-refractivity contribution in [3.8, 4) is 11.7 Å². The van der Waals surface area contributed by atoms with Crippen LogP contribution in [0.3, 0.4) is 0 Å². The van der Waals surface area contributed by atoms with Gasteiger partial charge in [0.25, 0.3) is 5.89 Å². The molecule has 1 aliphatic heterocycles. The van der Waals surface area contributed by atoms with Crippen molar-refractivity contribution in [1.82, 2.24) is 15.1 Å². The lowest BCUT2D eigenvalue weighted by atomic mass is 10.0. The van der Waals surface area contributed by atoms with Crippen molar-refractivity contribution in [2.75, 3.05) is 6.54 Å². The first-order chi connectivity index (χ1) is 11.3. The van der Waals surface area contributed by atoms with E-state index in [4.69, 9.17) is 8.83 Å². The van der Waals surface area contributed by atoms with Crippen LogP contribution in [0.2, 0.25) is 0 Å². The van der Waals surface area contributed by atoms with Crippen LogP contribution in [0, 0.1) is 0 Å². The van der Waals surface area contributed by atoms with Gasteiger partial charge in [0.15, 0.2) is 5.76 Å². The summed E-state index contributed by atoms with van der Waals surface area (Å²) >= 11 is 3.49. The number of furan rings is 1. The highest BCUT2D eigenvalue weighted by atomic mass is 79.9. The molecule has 0 N–H and O–H groups in total. The van der Waals surface area contributed by atoms with Gasteiger partial charge in [-0.3, -0.25) is 4.90 Å². The van der Waals surface area contributed by atoms with E-state index < -0.39 is 0 Å². The fourth-order valence-corrected chi connectivity index (χ4v) is 3.33. The smallest absolute Gasteiger partial charge is 0.283 e. The average molecular weight is 374 g/mol. The van der Waals surface area contributed by atoms with Crippen LogP contribution in [-0.2, 0) is 6.54 Å². The first-order valence-corrected chi connectivity index (χ1v) is 8.45. The summed E-state index contributed by atoms with van der Waals surface area (Å²) in [4.78, 5) is 2.39. The highest BCUT2D eigenvalue weighted by molar-refractivity contribution is 9.10. The van der Waals surface area contributed by atoms with Crippen molar-refractivity contribution in [2.45, 2.75) is 25.4 Å². The second kappa shape index (κ2) is 6.29. The normalized spacial score (nSPS) is 18.6. The molecule has 1 saturated heterocycles. The molecule has 1 fully saturated rings. The second-order valence-electron chi connectivity index (χ2n) is 5.66. The summed E-state index contributed by atoms with van der Waals surface area (Å²) in [6.07, 6.45) is 3.93. The van der Waals surface area contributed by atoms with Gasteiger partial charge in [0, 0.05) is 10.5 Å². The first kappa shape index (κ1) is 14.7. The van der Waals surface area contributed by atoms with Crippen molar-refractivity contribution < 1.29 is 8.83 Å². The van der Waals surface area contributed by atoms with Gasteiger partial charge in [0.05, 0.1) is 12.8 Å². The predicted octanol–water partition coefficient (Wildman–Crippen LogP) is 4.43. The van der Waals surface area contributed by atoms with E-state index in [1.165, 1.54) is 12.0 Å². The fraction of sp³-hybridized carbons (Fsp3) is 0.294. The van der Waals surface area contributed by atoms with Gasteiger partial charge in [-0.15, -0.1) is 10.2 Å². The molecule has 0 aliphatic carbocycles. The van der Waals surface area contributed by atoms with Crippen molar-refractivity contribution in [2.24, 2.45) is 0 Å². The molecule has 4 rings (SSSR count). The van der Waals surface area contributed by atoms with E-state index in [0.29, 0.717) is 30.1 Å². The number of nitrogens with zero attached hydrogens (tertiary/aromatic N) is 3. The summed E-state index contributed by atoms with van der Waals surface area (Å²) in [5.74, 6) is 1.67. The minimum Gasteiger partial charge on any atom is -0.459 e. The third-order valence-corrected chi connectivity index (χ3v) is 4.68. The van der Waals surface area contributed by atoms with E-state index in [1.54, 1.807) is 6.26 Å². The van der Waals surface area contributed by atoms with Crippen molar-refractivity contribution in [1.29, 1.82) is 0 Å². The lowest BCUT2D eigenvalue weighted by molar-refractivity contribution is 0.224. The molecule has 0 amide bonds. The largest absolute Gasteiger partial charge is 0.459 e. The van der Waals surface area contributed by atoms with Crippen molar-refractivity contribution >= 4 is 15.9 Å². The van der Waals surface area contributed by atoms with E-state index in [-0.39, 0.29) is 0 Å². The summed E-state index contributed by atoms with van der Waals surface area (Å²) < 4.78 is 12.1. The van der Waals surface area contributed by atoms with E-state index >= 15 is 0 Å². The van der Waals surface area contributed by atoms with E-state index in [2.05, 4.69) is 55.3 Å². The topological polar surface area (TPSA) is 55.3 Å². The van der Waals surface area contributed by atoms with E-state index in [1.807, 2.05) is 12.1 Å². The quantitative estimate of drug-likeness (QED) is 0.676. The van der Waals surface area contributed by atoms with Gasteiger partial charge in [0.2, 0.25) is 5.89 Å². The molecular weight excluding hydrogens is 358 g/mol. The molecule has 5 nitrogen and oxygen atoms in total. The molecule has 1 atom stereocenters. The molecule has 3 heterocycles. The summed E-state index contributed by atoms with van der Waals surface area (Å²) in [5.41, 5.74) is 1.33. The monoisotopic (exact) mass is 373 g/mol. The molecule has 1 aliphatic rings. The van der Waals surface area contributed by atoms with Gasteiger partial charge in [-0.2, -0.15) is 0 Å². The van der Waals surface area contributed by atoms with Crippen LogP contribution >= 0.6 is 15.9 Å². The van der Waals surface area contributed by atoms with Gasteiger partial charge in [-0.1, -0.05) is 28.1 Å². The molecule has 0 saturated carbocycles. The Labute approximate surface area is 142 Å². The number of hydrogen-bond acceptors (Lipinski definition) is 5. The molecule has 1 unspecified atom stereocenters. The molecule has 0 spiro atoms. The minimum atomic E-state index is 0.405. The lowest BCUT2D eigenvalue weighted by Gasteiger charge is -2.23. The second-order valence-corrected chi connectivity index (χ2v) is 6.57. The number of rotatable bonds is 4. The Morgan fingerprint density at radius 3 is 2.83 bits per heavy atom. The Balaban J connectivity index is 1.50. The first-order valence-electron chi connectivity index (χ1n) is 7.65. The summed E-state index contributed by atoms with van der Waals surface area (Å²) in [7, 11) is 0. The molecule has 1 aromatic carbocycles. The Kier molecular flexibility index (Phi) is 4.01. The van der Waals surface area contributed by atoms with Crippen molar-refractivity contribution in [3.63, 3.8) is 0 Å². The third kappa shape index (κ3) is 3.09. The van der Waals surface area contributed by atoms with Gasteiger partial charge < -0.3 is 8.83 Å². The van der Waals surface area contributed by atoms with E-state index in [0.717, 1.165) is 17.4 Å². The van der Waals surface area contributed by atoms with Gasteiger partial charge in [-0.25, -0.2) is 0 Å². The van der Waals surface area contributed by atoms with Crippen LogP contribution in [0.15, 0.2) is 56.0 Å². The molecule has 2 aromatic heterocycles. The maximum atomic E-state index is 5.73. The number of hydrogen-bond donors (Lipinski definition) is 0. The van der Waals surface area contributed by atoms with Crippen LogP contribution in [0.1, 0.15) is 30.3 Å². The summed E-state index contributed by atoms with van der Waals surface area (Å²) in [6.45, 7) is 1.70. The third-order valence-electron chi connectivity index (χ3n) is 4.16. The Bertz CT molecular complexity index is 768. The van der Waals surface area contributed by atoms with E-state index in [9.17, 15) is 0 Å². The SMILES string of the molecule is Brc1ccc(C2CCCN2Cc2nnc(-c3ccco3)o2)cc1. The van der Waals surface area contributed by atoms with Gasteiger partial charge in [-0.05, 0) is 49.2 Å². The molecule has 0 bridgehead atoms.